The summed E-state index contributed by atoms with van der Waals surface area (Å²) < 4.78 is 10.3. The summed E-state index contributed by atoms with van der Waals surface area (Å²) in [5.41, 5.74) is 8.84. The van der Waals surface area contributed by atoms with Crippen LogP contribution in [0.3, 0.4) is 0 Å². The number of ether oxygens (including phenoxy) is 1. The van der Waals surface area contributed by atoms with Crippen molar-refractivity contribution in [1.82, 2.24) is 44.3 Å². The molecule has 3 fully saturated rings. The monoisotopic (exact) mass is 838 g/mol. The highest BCUT2D eigenvalue weighted by Crippen LogP contribution is 2.35. The normalized spacial score (nSPS) is 22.5. The smallest absolute Gasteiger partial charge is 0.255 e. The maximum absolute atomic E-state index is 13.4. The van der Waals surface area contributed by atoms with Gasteiger partial charge in [-0.05, 0) is 79.6 Å². The molecule has 62 heavy (non-hydrogen) atoms. The maximum atomic E-state index is 13.4. The van der Waals surface area contributed by atoms with Crippen LogP contribution in [0.15, 0.2) is 54.7 Å². The van der Waals surface area contributed by atoms with E-state index in [9.17, 15) is 19.5 Å². The Kier molecular flexibility index (Phi) is 10.5. The van der Waals surface area contributed by atoms with E-state index in [1.54, 1.807) is 21.9 Å². The number of aromatic nitrogens is 5. The van der Waals surface area contributed by atoms with E-state index in [1.807, 2.05) is 38.2 Å². The number of anilines is 1. The molecule has 15 heteroatoms. The van der Waals surface area contributed by atoms with E-state index in [-0.39, 0.29) is 29.9 Å². The van der Waals surface area contributed by atoms with Crippen LogP contribution < -0.4 is 15.0 Å². The number of benzene rings is 2. The predicted octanol–water partition coefficient (Wildman–Crippen LogP) is 5.02. The zero-order valence-corrected chi connectivity index (χ0v) is 35.7. The topological polar surface area (TPSA) is 154 Å². The molecule has 3 aromatic heterocycles. The van der Waals surface area contributed by atoms with Gasteiger partial charge in [-0.1, -0.05) is 19.1 Å². The molecule has 10 rings (SSSR count). The molecule has 5 aliphatic rings. The minimum atomic E-state index is -0.598. The molecular weight excluding hydrogens is 785 g/mol. The summed E-state index contributed by atoms with van der Waals surface area (Å²) >= 11 is 0. The van der Waals surface area contributed by atoms with Gasteiger partial charge in [-0.3, -0.25) is 29.6 Å². The van der Waals surface area contributed by atoms with Crippen molar-refractivity contribution < 1.29 is 24.2 Å². The van der Waals surface area contributed by atoms with Crippen molar-refractivity contribution in [2.24, 2.45) is 18.9 Å². The van der Waals surface area contributed by atoms with E-state index in [0.717, 1.165) is 111 Å². The molecule has 2 aromatic carbocycles. The first-order valence-electron chi connectivity index (χ1n) is 22.0. The van der Waals surface area contributed by atoms with Crippen molar-refractivity contribution in [3.05, 3.63) is 88.5 Å². The summed E-state index contributed by atoms with van der Waals surface area (Å²) in [5, 5.41) is 18.4. The molecule has 2 atom stereocenters. The fourth-order valence-corrected chi connectivity index (χ4v) is 9.91. The number of nitrogens with zero attached hydrogens (tertiary/aromatic N) is 9. The van der Waals surface area contributed by atoms with Crippen molar-refractivity contribution >= 4 is 46.3 Å². The molecule has 5 aliphatic heterocycles. The Morgan fingerprint density at radius 2 is 1.74 bits per heavy atom. The first-order chi connectivity index (χ1) is 30.0. The quantitative estimate of drug-likeness (QED) is 0.222. The summed E-state index contributed by atoms with van der Waals surface area (Å²) in [6.45, 7) is 13.8. The largest absolute Gasteiger partial charge is 0.507 e. The van der Waals surface area contributed by atoms with Crippen LogP contribution in [0.1, 0.15) is 71.2 Å². The summed E-state index contributed by atoms with van der Waals surface area (Å²) in [6.07, 6.45) is 6.05. The number of rotatable bonds is 6. The molecule has 322 valence electrons. The van der Waals surface area contributed by atoms with Crippen LogP contribution in [0, 0.1) is 18.8 Å². The number of hydrogen-bond donors (Lipinski definition) is 2. The van der Waals surface area contributed by atoms with Gasteiger partial charge in [0, 0.05) is 113 Å². The molecule has 3 amide bonds. The predicted molar refractivity (Wildman–Crippen MR) is 235 cm³/mol. The minimum Gasteiger partial charge on any atom is -0.507 e. The van der Waals surface area contributed by atoms with Gasteiger partial charge in [-0.2, -0.15) is 5.10 Å². The Labute approximate surface area is 361 Å². The van der Waals surface area contributed by atoms with Gasteiger partial charge in [-0.15, -0.1) is 0 Å². The van der Waals surface area contributed by atoms with Crippen LogP contribution >= 0.6 is 0 Å². The number of fused-ring (bicyclic) bond motifs is 8. The maximum Gasteiger partial charge on any atom is 0.255 e. The molecule has 0 saturated carbocycles. The lowest BCUT2D eigenvalue weighted by Crippen LogP contribution is -2.54. The van der Waals surface area contributed by atoms with Gasteiger partial charge in [0.15, 0.2) is 0 Å². The summed E-state index contributed by atoms with van der Waals surface area (Å²) in [6, 6.07) is 15.9. The number of hydrogen-bond acceptors (Lipinski definition) is 11. The molecule has 15 nitrogen and oxygen atoms in total. The zero-order chi connectivity index (χ0) is 42.6. The number of aliphatic hydroxyl groups is 1. The summed E-state index contributed by atoms with van der Waals surface area (Å²) in [4.78, 5) is 56.4. The van der Waals surface area contributed by atoms with Crippen LogP contribution in [-0.2, 0) is 36.3 Å². The van der Waals surface area contributed by atoms with Crippen LogP contribution in [-0.4, -0.2) is 120 Å². The Bertz CT molecular complexity index is 2600. The third kappa shape index (κ3) is 7.83. The summed E-state index contributed by atoms with van der Waals surface area (Å²) in [5.74, 6) is 1.67. The van der Waals surface area contributed by atoms with Gasteiger partial charge >= 0.3 is 0 Å². The number of imide groups is 1. The molecule has 0 radical (unpaired) electrons. The molecule has 8 heterocycles. The van der Waals surface area contributed by atoms with Crippen LogP contribution in [0.2, 0.25) is 0 Å². The number of nitrogens with one attached hydrogen (secondary N) is 1. The Morgan fingerprint density at radius 3 is 2.56 bits per heavy atom. The van der Waals surface area contributed by atoms with Gasteiger partial charge in [0.2, 0.25) is 17.7 Å². The fraction of sp³-hybridized carbons (Fsp3) is 0.447. The van der Waals surface area contributed by atoms with Gasteiger partial charge in [0.1, 0.15) is 17.6 Å². The lowest BCUT2D eigenvalue weighted by Gasteiger charge is -2.45. The van der Waals surface area contributed by atoms with Gasteiger partial charge < -0.3 is 29.1 Å². The molecule has 2 N–H and O–H groups in total. The summed E-state index contributed by atoms with van der Waals surface area (Å²) in [7, 11) is 1.87. The Morgan fingerprint density at radius 1 is 0.919 bits per heavy atom. The molecule has 3 saturated heterocycles. The molecule has 2 bridgehead atoms. The number of piperazine rings is 1. The SMILES string of the molecule is Cc1cc2cc(n1)-c1cnn(C)c1OCCC[C@@H](C)Cn1c(nc3ccc(CN4CCN(CC5CN(c6ccc7c(c6)C(=O)N(C6CCC(=O)NC6=O)C7)C5)CC4)cc31)/C=C/2O. The van der Waals surface area contributed by atoms with Gasteiger partial charge in [0.25, 0.3) is 5.91 Å². The van der Waals surface area contributed by atoms with E-state index < -0.39 is 6.04 Å². The molecule has 5 aromatic rings. The lowest BCUT2D eigenvalue weighted by atomic mass is 9.97. The number of amides is 3. The van der Waals surface area contributed by atoms with Crippen LogP contribution in [0.25, 0.3) is 34.1 Å². The van der Waals surface area contributed by atoms with Crippen molar-refractivity contribution in [3.63, 3.8) is 0 Å². The third-order valence-electron chi connectivity index (χ3n) is 13.3. The number of piperidine rings is 1. The number of carbonyl (C=O) groups excluding carboxylic acids is 3. The van der Waals surface area contributed by atoms with E-state index in [1.165, 1.54) is 5.56 Å². The first kappa shape index (κ1) is 40.0. The fourth-order valence-electron chi connectivity index (χ4n) is 9.91. The second-order valence-electron chi connectivity index (χ2n) is 18.0. The van der Waals surface area contributed by atoms with Crippen LogP contribution in [0.4, 0.5) is 5.69 Å². The average Bonchev–Trinajstić information content (AvgIpc) is 3.89. The number of aryl methyl sites for hydroxylation is 2. The number of pyridine rings is 1. The first-order valence-corrected chi connectivity index (χ1v) is 22.0. The second-order valence-corrected chi connectivity index (χ2v) is 18.0. The van der Waals surface area contributed by atoms with E-state index in [4.69, 9.17) is 14.7 Å². The van der Waals surface area contributed by atoms with Crippen molar-refractivity contribution in [2.45, 2.75) is 65.2 Å². The van der Waals surface area contributed by atoms with Gasteiger partial charge in [0.05, 0.1) is 35.1 Å². The van der Waals surface area contributed by atoms with Crippen molar-refractivity contribution in [1.29, 1.82) is 0 Å². The van der Waals surface area contributed by atoms with Crippen molar-refractivity contribution in [3.8, 4) is 17.1 Å². The molecule has 0 aliphatic carbocycles. The van der Waals surface area contributed by atoms with Crippen LogP contribution in [0.5, 0.6) is 5.88 Å². The van der Waals surface area contributed by atoms with E-state index in [2.05, 4.69) is 60.9 Å². The average molecular weight is 839 g/mol. The highest BCUT2D eigenvalue weighted by Gasteiger charge is 2.40. The Hall–Kier alpha value is -6.06. The highest BCUT2D eigenvalue weighted by atomic mass is 16.5. The van der Waals surface area contributed by atoms with Crippen molar-refractivity contribution in [2.75, 3.05) is 57.3 Å². The third-order valence-corrected chi connectivity index (χ3v) is 13.3. The molecule has 1 unspecified atom stereocenters. The minimum absolute atomic E-state index is 0.128. The number of carbonyl (C=O) groups is 3. The van der Waals surface area contributed by atoms with Gasteiger partial charge in [-0.25, -0.2) is 9.67 Å². The van der Waals surface area contributed by atoms with E-state index in [0.29, 0.717) is 54.1 Å². The highest BCUT2D eigenvalue weighted by molar-refractivity contribution is 6.05. The molecular formula is C47H54N10O5. The number of aliphatic hydroxyl groups excluding tert-OH is 1. The van der Waals surface area contributed by atoms with E-state index >= 15 is 0 Å². The zero-order valence-electron chi connectivity index (χ0n) is 35.7. The second kappa shape index (κ2) is 16.3. The molecule has 0 spiro atoms. The lowest BCUT2D eigenvalue weighted by molar-refractivity contribution is -0.136. The Balaban J connectivity index is 0.771. The number of imidazole rings is 1. The standard InChI is InChI=1S/C47H54N10O5/c1-29-5-4-16-62-47-37(22-48-52(47)3)39-19-34(17-30(2)49-39)42(58)21-43-50-38-9-6-31(18-41(38)56(43)23-29)24-53-12-14-54(15-13-53)25-32-26-55(27-32)35-8-7-33-28-57(46(61)36(33)20-35)40-10-11-44(59)51-45(40)60/h6-9,17-22,29,32,40,58H,4-5,10-16,23-28H2,1-3H3,(H,51,59,60)/b42-21-/t29-,40?/m1/s1.